The Bertz CT molecular complexity index is 333. The minimum Gasteiger partial charge on any atom is -0.374 e. The summed E-state index contributed by atoms with van der Waals surface area (Å²) in [4.78, 5) is 11.0. The summed E-state index contributed by atoms with van der Waals surface area (Å²) >= 11 is 0. The molecule has 3 nitrogen and oxygen atoms in total. The number of fused-ring (bicyclic) bond motifs is 1. The van der Waals surface area contributed by atoms with Crippen molar-refractivity contribution >= 4 is 17.3 Å². The summed E-state index contributed by atoms with van der Waals surface area (Å²) < 4.78 is 0. The van der Waals surface area contributed by atoms with Crippen molar-refractivity contribution in [3.8, 4) is 0 Å². The summed E-state index contributed by atoms with van der Waals surface area (Å²) in [6.07, 6.45) is 0. The zero-order valence-electron chi connectivity index (χ0n) is 6.85. The van der Waals surface area contributed by atoms with E-state index in [-0.39, 0.29) is 5.91 Å². The van der Waals surface area contributed by atoms with Crippen LogP contribution in [-0.4, -0.2) is 12.5 Å². The Balaban J connectivity index is 2.44. The van der Waals surface area contributed by atoms with E-state index in [0.29, 0.717) is 6.54 Å². The molecule has 1 heterocycles. The van der Waals surface area contributed by atoms with Gasteiger partial charge < -0.3 is 10.6 Å². The smallest absolute Gasteiger partial charge is 0.243 e. The fourth-order valence-electron chi connectivity index (χ4n) is 1.29. The van der Waals surface area contributed by atoms with Gasteiger partial charge in [-0.1, -0.05) is 6.07 Å². The Morgan fingerprint density at radius 2 is 2.17 bits per heavy atom. The molecule has 0 saturated carbocycles. The lowest BCUT2D eigenvalue weighted by Crippen LogP contribution is -2.27. The minimum atomic E-state index is 0.0214. The second-order valence-electron chi connectivity index (χ2n) is 2.95. The molecule has 0 atom stereocenters. The molecule has 0 radical (unpaired) electrons. The van der Waals surface area contributed by atoms with E-state index >= 15 is 0 Å². The first kappa shape index (κ1) is 7.16. The molecule has 1 aliphatic rings. The average molecular weight is 162 g/mol. The van der Waals surface area contributed by atoms with E-state index in [1.54, 1.807) is 0 Å². The highest BCUT2D eigenvalue weighted by Gasteiger charge is 2.12. The van der Waals surface area contributed by atoms with Crippen LogP contribution >= 0.6 is 0 Å². The van der Waals surface area contributed by atoms with Crippen LogP contribution in [0.5, 0.6) is 0 Å². The van der Waals surface area contributed by atoms with Crippen LogP contribution < -0.4 is 10.6 Å². The number of carbonyl (C=O) groups is 1. The molecule has 2 rings (SSSR count). The van der Waals surface area contributed by atoms with Gasteiger partial charge >= 0.3 is 0 Å². The predicted octanol–water partition coefficient (Wildman–Crippen LogP) is 1.36. The van der Waals surface area contributed by atoms with Crippen LogP contribution in [0.4, 0.5) is 11.4 Å². The molecule has 0 unspecified atom stereocenters. The zero-order valence-corrected chi connectivity index (χ0v) is 6.85. The summed E-state index contributed by atoms with van der Waals surface area (Å²) in [5.74, 6) is 0.0214. The number of nitrogens with one attached hydrogen (secondary N) is 2. The molecule has 62 valence electrons. The molecular weight excluding hydrogens is 152 g/mol. The molecule has 1 aromatic carbocycles. The van der Waals surface area contributed by atoms with Gasteiger partial charge in [-0.15, -0.1) is 0 Å². The third-order valence-electron chi connectivity index (χ3n) is 1.89. The van der Waals surface area contributed by atoms with Crippen LogP contribution in [0, 0.1) is 6.92 Å². The quantitative estimate of drug-likeness (QED) is 0.604. The van der Waals surface area contributed by atoms with Gasteiger partial charge in [-0.05, 0) is 24.6 Å². The number of rotatable bonds is 0. The number of carbonyl (C=O) groups excluding carboxylic acids is 1. The Labute approximate surface area is 70.8 Å². The lowest BCUT2D eigenvalue weighted by Gasteiger charge is -2.18. The standard InChI is InChI=1S/C9H10N2O/c1-6-2-3-7-8(4-6)11-9(12)5-10-7/h2-4,10H,5H2,1H3,(H,11,12). The SMILES string of the molecule is Cc1ccc2c(c1)NC(=O)CN2. The molecule has 0 spiro atoms. The van der Waals surface area contributed by atoms with Gasteiger partial charge in [0, 0.05) is 0 Å². The van der Waals surface area contributed by atoms with Crippen LogP contribution in [0.2, 0.25) is 0 Å². The van der Waals surface area contributed by atoms with E-state index in [9.17, 15) is 4.79 Å². The highest BCUT2D eigenvalue weighted by molar-refractivity contribution is 6.00. The summed E-state index contributed by atoms with van der Waals surface area (Å²) in [7, 11) is 0. The second-order valence-corrected chi connectivity index (χ2v) is 2.95. The fourth-order valence-corrected chi connectivity index (χ4v) is 1.29. The van der Waals surface area contributed by atoms with Gasteiger partial charge in [0.2, 0.25) is 5.91 Å². The average Bonchev–Trinajstić information content (AvgIpc) is 2.03. The number of hydrogen-bond donors (Lipinski definition) is 2. The van der Waals surface area contributed by atoms with E-state index < -0.39 is 0 Å². The summed E-state index contributed by atoms with van der Waals surface area (Å²) in [5.41, 5.74) is 3.03. The van der Waals surface area contributed by atoms with E-state index in [1.165, 1.54) is 0 Å². The topological polar surface area (TPSA) is 41.1 Å². The van der Waals surface area contributed by atoms with Gasteiger partial charge in [-0.25, -0.2) is 0 Å². The zero-order chi connectivity index (χ0) is 8.55. The van der Waals surface area contributed by atoms with Crippen LogP contribution in [0.25, 0.3) is 0 Å². The van der Waals surface area contributed by atoms with E-state index in [2.05, 4.69) is 10.6 Å². The first-order valence-corrected chi connectivity index (χ1v) is 3.90. The molecular formula is C9H10N2O. The van der Waals surface area contributed by atoms with Crippen molar-refractivity contribution in [3.63, 3.8) is 0 Å². The van der Waals surface area contributed by atoms with Crippen LogP contribution in [0.3, 0.4) is 0 Å². The highest BCUT2D eigenvalue weighted by atomic mass is 16.2. The van der Waals surface area contributed by atoms with Gasteiger partial charge in [-0.2, -0.15) is 0 Å². The summed E-state index contributed by atoms with van der Waals surface area (Å²) in [5, 5.41) is 5.83. The third kappa shape index (κ3) is 1.13. The highest BCUT2D eigenvalue weighted by Crippen LogP contribution is 2.24. The Morgan fingerprint density at radius 1 is 1.33 bits per heavy atom. The second kappa shape index (κ2) is 2.52. The van der Waals surface area contributed by atoms with Crippen molar-refractivity contribution in [3.05, 3.63) is 23.8 Å². The van der Waals surface area contributed by atoms with Crippen molar-refractivity contribution in [2.45, 2.75) is 6.92 Å². The monoisotopic (exact) mass is 162 g/mol. The van der Waals surface area contributed by atoms with Gasteiger partial charge in [0.05, 0.1) is 17.9 Å². The van der Waals surface area contributed by atoms with E-state index in [4.69, 9.17) is 0 Å². The maximum absolute atomic E-state index is 11.0. The van der Waals surface area contributed by atoms with Crippen molar-refractivity contribution < 1.29 is 4.79 Å². The summed E-state index contributed by atoms with van der Waals surface area (Å²) in [6.45, 7) is 2.37. The molecule has 3 heteroatoms. The minimum absolute atomic E-state index is 0.0214. The van der Waals surface area contributed by atoms with E-state index in [0.717, 1.165) is 16.9 Å². The Kier molecular flexibility index (Phi) is 1.50. The lowest BCUT2D eigenvalue weighted by atomic mass is 10.1. The fraction of sp³-hybridized carbons (Fsp3) is 0.222. The van der Waals surface area contributed by atoms with Crippen molar-refractivity contribution in [1.82, 2.24) is 0 Å². The van der Waals surface area contributed by atoms with Gasteiger partial charge in [0.1, 0.15) is 0 Å². The first-order valence-electron chi connectivity index (χ1n) is 3.90. The normalized spacial score (nSPS) is 14.6. The molecule has 0 bridgehead atoms. The number of aryl methyl sites for hydroxylation is 1. The van der Waals surface area contributed by atoms with Crippen LogP contribution in [0.1, 0.15) is 5.56 Å². The third-order valence-corrected chi connectivity index (χ3v) is 1.89. The lowest BCUT2D eigenvalue weighted by molar-refractivity contribution is -0.114. The van der Waals surface area contributed by atoms with Crippen molar-refractivity contribution in [2.24, 2.45) is 0 Å². The summed E-state index contributed by atoms with van der Waals surface area (Å²) in [6, 6.07) is 5.95. The molecule has 0 saturated heterocycles. The van der Waals surface area contributed by atoms with Crippen molar-refractivity contribution in [1.29, 1.82) is 0 Å². The first-order chi connectivity index (χ1) is 5.75. The largest absolute Gasteiger partial charge is 0.374 e. The molecule has 1 aromatic rings. The molecule has 0 fully saturated rings. The van der Waals surface area contributed by atoms with Crippen LogP contribution in [0.15, 0.2) is 18.2 Å². The number of anilines is 2. The molecule has 1 amide bonds. The molecule has 12 heavy (non-hydrogen) atoms. The van der Waals surface area contributed by atoms with Crippen LogP contribution in [-0.2, 0) is 4.79 Å². The Morgan fingerprint density at radius 3 is 3.00 bits per heavy atom. The Hall–Kier alpha value is -1.51. The van der Waals surface area contributed by atoms with Gasteiger partial charge in [0.15, 0.2) is 0 Å². The molecule has 2 N–H and O–H groups in total. The molecule has 1 aliphatic heterocycles. The van der Waals surface area contributed by atoms with E-state index in [1.807, 2.05) is 25.1 Å². The van der Waals surface area contributed by atoms with Crippen molar-refractivity contribution in [2.75, 3.05) is 17.2 Å². The predicted molar refractivity (Wildman–Crippen MR) is 48.3 cm³/mol. The number of benzene rings is 1. The van der Waals surface area contributed by atoms with Gasteiger partial charge in [-0.3, -0.25) is 4.79 Å². The number of amides is 1. The maximum atomic E-state index is 11.0. The van der Waals surface area contributed by atoms with Gasteiger partial charge in [0.25, 0.3) is 0 Å². The number of hydrogen-bond acceptors (Lipinski definition) is 2. The molecule has 0 aliphatic carbocycles. The maximum Gasteiger partial charge on any atom is 0.243 e. The molecule has 0 aromatic heterocycles.